The molecular weight excluding hydrogens is 240 g/mol. The molecule has 4 heteroatoms. The van der Waals surface area contributed by atoms with Gasteiger partial charge in [0.25, 0.3) is 0 Å². The molecule has 4 nitrogen and oxygen atoms in total. The van der Waals surface area contributed by atoms with Crippen molar-refractivity contribution >= 4 is 0 Å². The number of aromatic nitrogens is 1. The standard InChI is InChI=1S/C15H18N2O2/c18-15-3-7-17(10-13-4-8-19-11-13)14(15)9-12-1-5-16-6-2-12/h1-2,4-6,8,11,14-15,18H,3,7,9-10H2/t14-,15-/m1/s1. The van der Waals surface area contributed by atoms with Gasteiger partial charge in [0, 0.05) is 37.1 Å². The molecule has 100 valence electrons. The average molecular weight is 258 g/mol. The first-order valence-electron chi connectivity index (χ1n) is 6.65. The van der Waals surface area contributed by atoms with E-state index in [0.29, 0.717) is 0 Å². The quantitative estimate of drug-likeness (QED) is 0.909. The van der Waals surface area contributed by atoms with Crippen LogP contribution in [0, 0.1) is 0 Å². The smallest absolute Gasteiger partial charge is 0.0947 e. The molecule has 19 heavy (non-hydrogen) atoms. The second-order valence-electron chi connectivity index (χ2n) is 5.09. The summed E-state index contributed by atoms with van der Waals surface area (Å²) in [5.74, 6) is 0. The monoisotopic (exact) mass is 258 g/mol. The van der Waals surface area contributed by atoms with Crippen molar-refractivity contribution in [2.75, 3.05) is 6.54 Å². The van der Waals surface area contributed by atoms with E-state index in [0.717, 1.165) is 31.5 Å². The van der Waals surface area contributed by atoms with Crippen molar-refractivity contribution in [2.45, 2.75) is 31.5 Å². The van der Waals surface area contributed by atoms with Crippen LogP contribution in [-0.2, 0) is 13.0 Å². The molecule has 0 radical (unpaired) electrons. The van der Waals surface area contributed by atoms with Gasteiger partial charge in [-0.25, -0.2) is 0 Å². The van der Waals surface area contributed by atoms with Crippen molar-refractivity contribution in [1.29, 1.82) is 0 Å². The summed E-state index contributed by atoms with van der Waals surface area (Å²) in [7, 11) is 0. The molecule has 1 N–H and O–H groups in total. The van der Waals surface area contributed by atoms with Crippen LogP contribution < -0.4 is 0 Å². The lowest BCUT2D eigenvalue weighted by molar-refractivity contribution is 0.112. The molecule has 0 amide bonds. The van der Waals surface area contributed by atoms with Crippen molar-refractivity contribution in [1.82, 2.24) is 9.88 Å². The fourth-order valence-corrected chi connectivity index (χ4v) is 2.74. The minimum atomic E-state index is -0.250. The number of aliphatic hydroxyl groups excluding tert-OH is 1. The highest BCUT2D eigenvalue weighted by Gasteiger charge is 2.32. The number of hydrogen-bond donors (Lipinski definition) is 1. The van der Waals surface area contributed by atoms with E-state index in [1.54, 1.807) is 24.9 Å². The minimum absolute atomic E-state index is 0.178. The van der Waals surface area contributed by atoms with E-state index in [4.69, 9.17) is 4.42 Å². The molecule has 1 aliphatic rings. The summed E-state index contributed by atoms with van der Waals surface area (Å²) in [4.78, 5) is 6.36. The van der Waals surface area contributed by atoms with E-state index in [1.165, 1.54) is 5.56 Å². The molecule has 0 spiro atoms. The van der Waals surface area contributed by atoms with Crippen LogP contribution in [0.4, 0.5) is 0 Å². The van der Waals surface area contributed by atoms with Crippen LogP contribution in [0.2, 0.25) is 0 Å². The van der Waals surface area contributed by atoms with Crippen LogP contribution in [0.3, 0.4) is 0 Å². The van der Waals surface area contributed by atoms with E-state index < -0.39 is 0 Å². The molecule has 1 aliphatic heterocycles. The number of nitrogens with zero attached hydrogens (tertiary/aromatic N) is 2. The Hall–Kier alpha value is -1.65. The van der Waals surface area contributed by atoms with E-state index >= 15 is 0 Å². The number of hydrogen-bond acceptors (Lipinski definition) is 4. The van der Waals surface area contributed by atoms with Crippen LogP contribution in [0.1, 0.15) is 17.5 Å². The third kappa shape index (κ3) is 2.85. The number of pyridine rings is 1. The lowest BCUT2D eigenvalue weighted by atomic mass is 10.0. The number of aliphatic hydroxyl groups is 1. The van der Waals surface area contributed by atoms with E-state index in [-0.39, 0.29) is 12.1 Å². The Morgan fingerprint density at radius 1 is 1.26 bits per heavy atom. The summed E-state index contributed by atoms with van der Waals surface area (Å²) in [6.07, 6.45) is 8.53. The van der Waals surface area contributed by atoms with Crippen molar-refractivity contribution < 1.29 is 9.52 Å². The Bertz CT molecular complexity index is 498. The molecule has 0 aliphatic carbocycles. The SMILES string of the molecule is O[C@@H]1CCN(Cc2ccoc2)[C@@H]1Cc1ccncc1. The largest absolute Gasteiger partial charge is 0.472 e. The second-order valence-corrected chi connectivity index (χ2v) is 5.09. The topological polar surface area (TPSA) is 49.5 Å². The molecule has 1 fully saturated rings. The van der Waals surface area contributed by atoms with Gasteiger partial charge in [-0.05, 0) is 36.6 Å². The Morgan fingerprint density at radius 3 is 2.84 bits per heavy atom. The van der Waals surface area contributed by atoms with Gasteiger partial charge in [0.2, 0.25) is 0 Å². The maximum absolute atomic E-state index is 10.2. The Morgan fingerprint density at radius 2 is 2.11 bits per heavy atom. The maximum Gasteiger partial charge on any atom is 0.0947 e. The molecule has 0 saturated carbocycles. The third-order valence-electron chi connectivity index (χ3n) is 3.79. The molecule has 3 rings (SSSR count). The van der Waals surface area contributed by atoms with Gasteiger partial charge in [-0.15, -0.1) is 0 Å². The summed E-state index contributed by atoms with van der Waals surface area (Å²) < 4.78 is 5.11. The van der Waals surface area contributed by atoms with Crippen LogP contribution in [-0.4, -0.2) is 33.7 Å². The maximum atomic E-state index is 10.2. The summed E-state index contributed by atoms with van der Waals surface area (Å²) in [5, 5.41) is 10.2. The molecule has 3 heterocycles. The zero-order valence-corrected chi connectivity index (χ0v) is 10.8. The number of rotatable bonds is 4. The lowest BCUT2D eigenvalue weighted by Crippen LogP contribution is -2.36. The third-order valence-corrected chi connectivity index (χ3v) is 3.79. The molecule has 0 aromatic carbocycles. The normalized spacial score (nSPS) is 23.8. The summed E-state index contributed by atoms with van der Waals surface area (Å²) in [5.41, 5.74) is 2.38. The predicted molar refractivity (Wildman–Crippen MR) is 71.5 cm³/mol. The molecular formula is C15H18N2O2. The fraction of sp³-hybridized carbons (Fsp3) is 0.400. The van der Waals surface area contributed by atoms with Crippen LogP contribution in [0.5, 0.6) is 0 Å². The molecule has 2 aromatic rings. The Kier molecular flexibility index (Phi) is 3.62. The van der Waals surface area contributed by atoms with Gasteiger partial charge in [0.15, 0.2) is 0 Å². The van der Waals surface area contributed by atoms with Crippen molar-refractivity contribution in [2.24, 2.45) is 0 Å². The van der Waals surface area contributed by atoms with Crippen LogP contribution in [0.15, 0.2) is 47.5 Å². The molecule has 0 bridgehead atoms. The summed E-state index contributed by atoms with van der Waals surface area (Å²) in [6, 6.07) is 6.19. The van der Waals surface area contributed by atoms with Crippen molar-refractivity contribution in [3.63, 3.8) is 0 Å². The average Bonchev–Trinajstić information content (AvgIpc) is 3.05. The van der Waals surface area contributed by atoms with Gasteiger partial charge < -0.3 is 9.52 Å². The van der Waals surface area contributed by atoms with Gasteiger partial charge in [0.05, 0.1) is 18.6 Å². The first kappa shape index (κ1) is 12.4. The van der Waals surface area contributed by atoms with Crippen molar-refractivity contribution in [3.8, 4) is 0 Å². The zero-order valence-electron chi connectivity index (χ0n) is 10.8. The van der Waals surface area contributed by atoms with Gasteiger partial charge >= 0.3 is 0 Å². The number of furan rings is 1. The summed E-state index contributed by atoms with van der Waals surface area (Å²) in [6.45, 7) is 1.77. The zero-order chi connectivity index (χ0) is 13.1. The lowest BCUT2D eigenvalue weighted by Gasteiger charge is -2.25. The van der Waals surface area contributed by atoms with E-state index in [1.807, 2.05) is 18.2 Å². The molecule has 1 saturated heterocycles. The van der Waals surface area contributed by atoms with Gasteiger partial charge in [-0.1, -0.05) is 0 Å². The second kappa shape index (κ2) is 5.55. The summed E-state index contributed by atoms with van der Waals surface area (Å²) >= 11 is 0. The highest BCUT2D eigenvalue weighted by atomic mass is 16.3. The van der Waals surface area contributed by atoms with Gasteiger partial charge in [0.1, 0.15) is 0 Å². The fourth-order valence-electron chi connectivity index (χ4n) is 2.74. The van der Waals surface area contributed by atoms with E-state index in [9.17, 15) is 5.11 Å². The van der Waals surface area contributed by atoms with Crippen LogP contribution >= 0.6 is 0 Å². The molecule has 2 atom stereocenters. The molecule has 0 unspecified atom stereocenters. The minimum Gasteiger partial charge on any atom is -0.472 e. The van der Waals surface area contributed by atoms with E-state index in [2.05, 4.69) is 9.88 Å². The Labute approximate surface area is 112 Å². The Balaban J connectivity index is 1.70. The van der Waals surface area contributed by atoms with Crippen LogP contribution in [0.25, 0.3) is 0 Å². The first-order chi connectivity index (χ1) is 9.33. The van der Waals surface area contributed by atoms with Crippen molar-refractivity contribution in [3.05, 3.63) is 54.2 Å². The van der Waals surface area contributed by atoms with Gasteiger partial charge in [-0.2, -0.15) is 0 Å². The highest BCUT2D eigenvalue weighted by Crippen LogP contribution is 2.23. The predicted octanol–water partition coefficient (Wildman–Crippen LogP) is 1.85. The number of likely N-dealkylation sites (tertiary alicyclic amines) is 1. The highest BCUT2D eigenvalue weighted by molar-refractivity contribution is 5.14. The van der Waals surface area contributed by atoms with Gasteiger partial charge in [-0.3, -0.25) is 9.88 Å². The first-order valence-corrected chi connectivity index (χ1v) is 6.65. The molecule has 2 aromatic heterocycles.